The molecule has 0 spiro atoms. The van der Waals surface area contributed by atoms with Crippen LogP contribution in [-0.2, 0) is 11.0 Å². The lowest BCUT2D eigenvalue weighted by atomic mass is 10.1. The number of carbonyl (C=O) groups is 1. The maximum atomic E-state index is 12.7. The van der Waals surface area contributed by atoms with Crippen LogP contribution in [0.1, 0.15) is 5.56 Å². The minimum atomic E-state index is -4.34. The average molecular weight is 302 g/mol. The van der Waals surface area contributed by atoms with Crippen LogP contribution in [0.5, 0.6) is 0 Å². The first-order chi connectivity index (χ1) is 9.90. The van der Waals surface area contributed by atoms with E-state index in [1.807, 2.05) is 9.80 Å². The van der Waals surface area contributed by atoms with Gasteiger partial charge in [-0.3, -0.25) is 15.1 Å². The molecule has 116 valence electrons. The van der Waals surface area contributed by atoms with Crippen molar-refractivity contribution in [2.75, 3.05) is 37.6 Å². The minimum absolute atomic E-state index is 0.201. The highest BCUT2D eigenvalue weighted by molar-refractivity contribution is 5.77. The molecule has 0 bridgehead atoms. The number of hydrazine groups is 1. The third-order valence-corrected chi connectivity index (χ3v) is 3.44. The average Bonchev–Trinajstić information content (AvgIpc) is 2.47. The zero-order valence-corrected chi connectivity index (χ0v) is 11.4. The van der Waals surface area contributed by atoms with Crippen LogP contribution in [0.25, 0.3) is 0 Å². The summed E-state index contributed by atoms with van der Waals surface area (Å²) < 4.78 is 38.1. The molecule has 21 heavy (non-hydrogen) atoms. The Morgan fingerprint density at radius 2 is 1.90 bits per heavy atom. The number of rotatable bonds is 3. The van der Waals surface area contributed by atoms with Crippen LogP contribution in [0.15, 0.2) is 24.3 Å². The van der Waals surface area contributed by atoms with E-state index in [0.717, 1.165) is 12.1 Å². The quantitative estimate of drug-likeness (QED) is 0.493. The monoisotopic (exact) mass is 302 g/mol. The molecule has 1 saturated heterocycles. The van der Waals surface area contributed by atoms with E-state index >= 15 is 0 Å². The van der Waals surface area contributed by atoms with Gasteiger partial charge in [-0.2, -0.15) is 13.2 Å². The second-order valence-electron chi connectivity index (χ2n) is 4.88. The van der Waals surface area contributed by atoms with Gasteiger partial charge in [0, 0.05) is 31.9 Å². The number of anilines is 1. The molecule has 3 N–H and O–H groups in total. The normalized spacial score (nSPS) is 16.9. The summed E-state index contributed by atoms with van der Waals surface area (Å²) in [5.74, 6) is 4.75. The Morgan fingerprint density at radius 1 is 1.24 bits per heavy atom. The van der Waals surface area contributed by atoms with Gasteiger partial charge in [-0.15, -0.1) is 0 Å². The summed E-state index contributed by atoms with van der Waals surface area (Å²) in [7, 11) is 0. The van der Waals surface area contributed by atoms with Crippen LogP contribution >= 0.6 is 0 Å². The fourth-order valence-electron chi connectivity index (χ4n) is 2.29. The second-order valence-corrected chi connectivity index (χ2v) is 4.88. The molecule has 0 unspecified atom stereocenters. The summed E-state index contributed by atoms with van der Waals surface area (Å²) in [5, 5.41) is 0. The summed E-state index contributed by atoms with van der Waals surface area (Å²) in [4.78, 5) is 15.0. The van der Waals surface area contributed by atoms with Gasteiger partial charge in [0.2, 0.25) is 5.91 Å². The number of amides is 1. The molecule has 1 aliphatic heterocycles. The maximum Gasteiger partial charge on any atom is 0.416 e. The lowest BCUT2D eigenvalue weighted by molar-refractivity contribution is -0.137. The van der Waals surface area contributed by atoms with Gasteiger partial charge in [0.1, 0.15) is 0 Å². The van der Waals surface area contributed by atoms with Crippen LogP contribution in [0.2, 0.25) is 0 Å². The third kappa shape index (κ3) is 4.08. The summed E-state index contributed by atoms with van der Waals surface area (Å²) in [5.41, 5.74) is 1.96. The van der Waals surface area contributed by atoms with Gasteiger partial charge in [-0.1, -0.05) is 6.07 Å². The zero-order valence-electron chi connectivity index (χ0n) is 11.4. The van der Waals surface area contributed by atoms with E-state index in [1.165, 1.54) is 6.07 Å². The van der Waals surface area contributed by atoms with Crippen LogP contribution < -0.4 is 16.2 Å². The number of nitrogens with zero attached hydrogens (tertiary/aromatic N) is 2. The standard InChI is InChI=1S/C13H17F3N4O/c14-13(15,16)10-2-1-3-11(8-10)20-6-4-19(5-7-20)9-12(21)18-17/h1-3,8H,4-7,9,17H2,(H,18,21). The molecule has 8 heteroatoms. The first-order valence-electron chi connectivity index (χ1n) is 6.54. The predicted octanol–water partition coefficient (Wildman–Crippen LogP) is 0.817. The van der Waals surface area contributed by atoms with Crippen molar-refractivity contribution in [3.05, 3.63) is 29.8 Å². The summed E-state index contributed by atoms with van der Waals surface area (Å²) in [6, 6.07) is 5.29. The molecular weight excluding hydrogens is 285 g/mol. The highest BCUT2D eigenvalue weighted by atomic mass is 19.4. The van der Waals surface area contributed by atoms with E-state index in [2.05, 4.69) is 5.43 Å². The molecule has 1 heterocycles. The maximum absolute atomic E-state index is 12.7. The number of nitrogens with one attached hydrogen (secondary N) is 1. The van der Waals surface area contributed by atoms with Crippen LogP contribution in [0, 0.1) is 0 Å². The Kier molecular flexibility index (Phi) is 4.69. The smallest absolute Gasteiger partial charge is 0.369 e. The molecule has 0 radical (unpaired) electrons. The van der Waals surface area contributed by atoms with Gasteiger partial charge >= 0.3 is 6.18 Å². The molecule has 0 aromatic heterocycles. The number of nitrogens with two attached hydrogens (primary N) is 1. The topological polar surface area (TPSA) is 61.6 Å². The predicted molar refractivity (Wildman–Crippen MR) is 72.4 cm³/mol. The first kappa shape index (κ1) is 15.6. The van der Waals surface area contributed by atoms with Crippen molar-refractivity contribution in [3.8, 4) is 0 Å². The lowest BCUT2D eigenvalue weighted by Gasteiger charge is -2.35. The summed E-state index contributed by atoms with van der Waals surface area (Å²) >= 11 is 0. The van der Waals surface area contributed by atoms with Crippen molar-refractivity contribution in [3.63, 3.8) is 0 Å². The number of alkyl halides is 3. The minimum Gasteiger partial charge on any atom is -0.369 e. The van der Waals surface area contributed by atoms with Gasteiger partial charge in [0.25, 0.3) is 0 Å². The van der Waals surface area contributed by atoms with E-state index in [0.29, 0.717) is 31.9 Å². The molecule has 0 saturated carbocycles. The van der Waals surface area contributed by atoms with Crippen LogP contribution in [-0.4, -0.2) is 43.5 Å². The molecule has 1 amide bonds. The largest absolute Gasteiger partial charge is 0.416 e. The second kappa shape index (κ2) is 6.31. The van der Waals surface area contributed by atoms with Crippen molar-refractivity contribution in [1.82, 2.24) is 10.3 Å². The molecule has 1 aromatic carbocycles. The highest BCUT2D eigenvalue weighted by Gasteiger charge is 2.31. The van der Waals surface area contributed by atoms with Crippen molar-refractivity contribution >= 4 is 11.6 Å². The van der Waals surface area contributed by atoms with Crippen molar-refractivity contribution in [2.45, 2.75) is 6.18 Å². The fraction of sp³-hybridized carbons (Fsp3) is 0.462. The van der Waals surface area contributed by atoms with Crippen LogP contribution in [0.3, 0.4) is 0 Å². The number of hydrogen-bond acceptors (Lipinski definition) is 4. The number of carbonyl (C=O) groups excluding carboxylic acids is 1. The van der Waals surface area contributed by atoms with E-state index in [1.54, 1.807) is 6.07 Å². The molecule has 1 aromatic rings. The Bertz CT molecular complexity index is 498. The first-order valence-corrected chi connectivity index (χ1v) is 6.54. The SMILES string of the molecule is NNC(=O)CN1CCN(c2cccc(C(F)(F)F)c2)CC1. The number of halogens is 3. The Morgan fingerprint density at radius 3 is 2.48 bits per heavy atom. The molecule has 0 aliphatic carbocycles. The number of piperazine rings is 1. The lowest BCUT2D eigenvalue weighted by Crippen LogP contribution is -2.50. The molecular formula is C13H17F3N4O. The van der Waals surface area contributed by atoms with Gasteiger partial charge < -0.3 is 4.90 Å². The van der Waals surface area contributed by atoms with Gasteiger partial charge in [0.05, 0.1) is 12.1 Å². The molecule has 2 rings (SSSR count). The van der Waals surface area contributed by atoms with Gasteiger partial charge in [-0.05, 0) is 18.2 Å². The van der Waals surface area contributed by atoms with Crippen molar-refractivity contribution in [2.24, 2.45) is 5.84 Å². The molecule has 1 aliphatic rings. The highest BCUT2D eigenvalue weighted by Crippen LogP contribution is 2.31. The van der Waals surface area contributed by atoms with E-state index in [9.17, 15) is 18.0 Å². The molecule has 5 nitrogen and oxygen atoms in total. The Balaban J connectivity index is 1.98. The number of benzene rings is 1. The van der Waals surface area contributed by atoms with Crippen LogP contribution in [0.4, 0.5) is 18.9 Å². The van der Waals surface area contributed by atoms with E-state index < -0.39 is 11.7 Å². The number of hydrogen-bond donors (Lipinski definition) is 2. The van der Waals surface area contributed by atoms with E-state index in [-0.39, 0.29) is 12.5 Å². The zero-order chi connectivity index (χ0) is 15.5. The van der Waals surface area contributed by atoms with Crippen molar-refractivity contribution in [1.29, 1.82) is 0 Å². The summed E-state index contributed by atoms with van der Waals surface area (Å²) in [6.07, 6.45) is -4.34. The third-order valence-electron chi connectivity index (χ3n) is 3.44. The summed E-state index contributed by atoms with van der Waals surface area (Å²) in [6.45, 7) is 2.54. The molecule has 1 fully saturated rings. The fourth-order valence-corrected chi connectivity index (χ4v) is 2.29. The molecule has 0 atom stereocenters. The Hall–Kier alpha value is -1.80. The van der Waals surface area contributed by atoms with Gasteiger partial charge in [-0.25, -0.2) is 5.84 Å². The van der Waals surface area contributed by atoms with Gasteiger partial charge in [0.15, 0.2) is 0 Å². The van der Waals surface area contributed by atoms with Crippen molar-refractivity contribution < 1.29 is 18.0 Å². The Labute approximate surface area is 120 Å². The van der Waals surface area contributed by atoms with E-state index in [4.69, 9.17) is 5.84 Å².